The van der Waals surface area contributed by atoms with Gasteiger partial charge in [-0.3, -0.25) is 4.90 Å². The van der Waals surface area contributed by atoms with Crippen LogP contribution in [0.4, 0.5) is 0 Å². The van der Waals surface area contributed by atoms with Gasteiger partial charge in [0.1, 0.15) is 0 Å². The first-order chi connectivity index (χ1) is 9.55. The van der Waals surface area contributed by atoms with Crippen molar-refractivity contribution in [1.82, 2.24) is 10.2 Å². The number of nitrogens with zero attached hydrogens (tertiary/aromatic N) is 1. The van der Waals surface area contributed by atoms with Crippen LogP contribution in [-0.2, 0) is 11.2 Å². The van der Waals surface area contributed by atoms with Gasteiger partial charge in [-0.25, -0.2) is 0 Å². The average molecular weight is 274 g/mol. The minimum absolute atomic E-state index is 0.195. The number of hydrogen-bond acceptors (Lipinski definition) is 3. The van der Waals surface area contributed by atoms with Gasteiger partial charge in [-0.05, 0) is 38.3 Å². The van der Waals surface area contributed by atoms with E-state index in [1.54, 1.807) is 0 Å². The van der Waals surface area contributed by atoms with Gasteiger partial charge in [0, 0.05) is 31.2 Å². The summed E-state index contributed by atoms with van der Waals surface area (Å²) in [7, 11) is 0. The van der Waals surface area contributed by atoms with Crippen molar-refractivity contribution in [2.75, 3.05) is 26.2 Å². The van der Waals surface area contributed by atoms with Gasteiger partial charge in [0.15, 0.2) is 0 Å². The monoisotopic (exact) mass is 274 g/mol. The molecule has 1 aromatic carbocycles. The number of nitrogens with one attached hydrogen (secondary N) is 1. The number of ether oxygens (including phenoxy) is 1. The molecule has 3 rings (SSSR count). The summed E-state index contributed by atoms with van der Waals surface area (Å²) in [4.78, 5) is 2.57. The molecule has 1 fully saturated rings. The van der Waals surface area contributed by atoms with Crippen LogP contribution in [0, 0.1) is 0 Å². The molecule has 3 heteroatoms. The lowest BCUT2D eigenvalue weighted by atomic mass is 9.95. The summed E-state index contributed by atoms with van der Waals surface area (Å²) in [6.45, 7) is 10.9. The van der Waals surface area contributed by atoms with E-state index >= 15 is 0 Å². The Kier molecular flexibility index (Phi) is 3.85. The molecule has 1 aromatic rings. The predicted octanol–water partition coefficient (Wildman–Crippen LogP) is 2.37. The molecule has 0 radical (unpaired) electrons. The van der Waals surface area contributed by atoms with E-state index < -0.39 is 0 Å². The Labute approximate surface area is 122 Å². The van der Waals surface area contributed by atoms with Crippen LogP contribution >= 0.6 is 0 Å². The normalized spacial score (nSPS) is 29.9. The number of hydrogen-bond donors (Lipinski definition) is 1. The third-order valence-corrected chi connectivity index (χ3v) is 4.59. The zero-order chi connectivity index (χ0) is 14.2. The van der Waals surface area contributed by atoms with Gasteiger partial charge in [0.2, 0.25) is 0 Å². The average Bonchev–Trinajstić information content (AvgIpc) is 2.43. The lowest BCUT2D eigenvalue weighted by Crippen LogP contribution is -2.61. The third-order valence-electron chi connectivity index (χ3n) is 4.59. The van der Waals surface area contributed by atoms with Gasteiger partial charge in [-0.15, -0.1) is 0 Å². The van der Waals surface area contributed by atoms with Crippen LogP contribution in [0.25, 0.3) is 0 Å². The van der Waals surface area contributed by atoms with Crippen LogP contribution in [-0.4, -0.2) is 42.7 Å². The van der Waals surface area contributed by atoms with E-state index in [0.29, 0.717) is 6.04 Å². The Hall–Kier alpha value is -0.900. The van der Waals surface area contributed by atoms with E-state index in [2.05, 4.69) is 55.3 Å². The molecule has 20 heavy (non-hydrogen) atoms. The fraction of sp³-hybridized carbons (Fsp3) is 0.647. The Morgan fingerprint density at radius 2 is 2.15 bits per heavy atom. The zero-order valence-electron chi connectivity index (χ0n) is 12.9. The highest BCUT2D eigenvalue weighted by Crippen LogP contribution is 2.29. The molecule has 0 amide bonds. The van der Waals surface area contributed by atoms with Crippen molar-refractivity contribution in [2.24, 2.45) is 0 Å². The second-order valence-corrected chi connectivity index (χ2v) is 6.85. The topological polar surface area (TPSA) is 24.5 Å². The Bertz CT molecular complexity index is 472. The van der Waals surface area contributed by atoms with Gasteiger partial charge in [0.05, 0.1) is 12.7 Å². The third kappa shape index (κ3) is 2.90. The highest BCUT2D eigenvalue weighted by molar-refractivity contribution is 5.31. The molecule has 2 unspecified atom stereocenters. The van der Waals surface area contributed by atoms with Gasteiger partial charge >= 0.3 is 0 Å². The first-order valence-corrected chi connectivity index (χ1v) is 7.74. The number of piperazine rings is 1. The largest absolute Gasteiger partial charge is 0.372 e. The molecule has 0 aromatic heterocycles. The molecule has 2 aliphatic rings. The molecule has 110 valence electrons. The maximum absolute atomic E-state index is 6.06. The second-order valence-electron chi connectivity index (χ2n) is 6.85. The minimum atomic E-state index is 0.195. The number of benzene rings is 1. The Morgan fingerprint density at radius 3 is 3.00 bits per heavy atom. The van der Waals surface area contributed by atoms with Crippen molar-refractivity contribution >= 4 is 0 Å². The van der Waals surface area contributed by atoms with Crippen molar-refractivity contribution in [1.29, 1.82) is 0 Å². The minimum Gasteiger partial charge on any atom is -0.372 e. The van der Waals surface area contributed by atoms with Crippen LogP contribution < -0.4 is 5.32 Å². The second kappa shape index (κ2) is 5.47. The van der Waals surface area contributed by atoms with Crippen molar-refractivity contribution in [3.8, 4) is 0 Å². The van der Waals surface area contributed by atoms with E-state index in [9.17, 15) is 0 Å². The van der Waals surface area contributed by atoms with E-state index in [-0.39, 0.29) is 11.6 Å². The molecule has 0 aliphatic carbocycles. The van der Waals surface area contributed by atoms with Crippen LogP contribution in [0.2, 0.25) is 0 Å². The molecule has 3 nitrogen and oxygen atoms in total. The molecule has 1 N–H and O–H groups in total. The summed E-state index contributed by atoms with van der Waals surface area (Å²) >= 11 is 0. The van der Waals surface area contributed by atoms with Crippen molar-refractivity contribution in [2.45, 2.75) is 44.9 Å². The molecule has 0 saturated carbocycles. The summed E-state index contributed by atoms with van der Waals surface area (Å²) in [6, 6.07) is 9.32. The van der Waals surface area contributed by atoms with Crippen LogP contribution in [0.5, 0.6) is 0 Å². The highest BCUT2D eigenvalue weighted by atomic mass is 16.5. The Morgan fingerprint density at radius 1 is 1.35 bits per heavy atom. The molecular weight excluding hydrogens is 248 g/mol. The predicted molar refractivity (Wildman–Crippen MR) is 82.0 cm³/mol. The molecular formula is C17H26N2O. The maximum Gasteiger partial charge on any atom is 0.0954 e. The molecule has 0 bridgehead atoms. The Balaban J connectivity index is 1.75. The zero-order valence-corrected chi connectivity index (χ0v) is 12.9. The summed E-state index contributed by atoms with van der Waals surface area (Å²) in [5.74, 6) is 0. The van der Waals surface area contributed by atoms with E-state index in [1.165, 1.54) is 11.1 Å². The van der Waals surface area contributed by atoms with Crippen molar-refractivity contribution < 1.29 is 4.74 Å². The fourth-order valence-electron chi connectivity index (χ4n) is 3.36. The van der Waals surface area contributed by atoms with Gasteiger partial charge in [-0.2, -0.15) is 0 Å². The van der Waals surface area contributed by atoms with Gasteiger partial charge < -0.3 is 10.1 Å². The molecule has 1 saturated heterocycles. The first-order valence-electron chi connectivity index (χ1n) is 7.74. The summed E-state index contributed by atoms with van der Waals surface area (Å²) in [6.07, 6.45) is 1.28. The van der Waals surface area contributed by atoms with Crippen molar-refractivity contribution in [3.63, 3.8) is 0 Å². The highest BCUT2D eigenvalue weighted by Gasteiger charge is 2.33. The van der Waals surface area contributed by atoms with Crippen LogP contribution in [0.1, 0.15) is 38.0 Å². The SMILES string of the molecule is CC1CNC(C)(C)CN1CC1OCCc2ccccc21. The van der Waals surface area contributed by atoms with Crippen LogP contribution in [0.3, 0.4) is 0 Å². The summed E-state index contributed by atoms with van der Waals surface area (Å²) in [5.41, 5.74) is 3.05. The van der Waals surface area contributed by atoms with Gasteiger partial charge in [-0.1, -0.05) is 24.3 Å². The lowest BCUT2D eigenvalue weighted by Gasteiger charge is -2.45. The van der Waals surface area contributed by atoms with E-state index in [4.69, 9.17) is 4.74 Å². The first kappa shape index (κ1) is 14.1. The quantitative estimate of drug-likeness (QED) is 0.896. The number of fused-ring (bicyclic) bond motifs is 1. The number of rotatable bonds is 2. The molecule has 2 atom stereocenters. The van der Waals surface area contributed by atoms with Gasteiger partial charge in [0.25, 0.3) is 0 Å². The maximum atomic E-state index is 6.06. The van der Waals surface area contributed by atoms with Crippen LogP contribution in [0.15, 0.2) is 24.3 Å². The lowest BCUT2D eigenvalue weighted by molar-refractivity contribution is -0.00824. The molecule has 2 aliphatic heterocycles. The standard InChI is InChI=1S/C17H26N2O/c1-13-10-18-17(2,3)12-19(13)11-16-15-7-5-4-6-14(15)8-9-20-16/h4-7,13,16,18H,8-12H2,1-3H3. The smallest absolute Gasteiger partial charge is 0.0954 e. The summed E-state index contributed by atoms with van der Waals surface area (Å²) in [5, 5.41) is 3.61. The molecule has 2 heterocycles. The fourth-order valence-corrected chi connectivity index (χ4v) is 3.36. The van der Waals surface area contributed by atoms with Crippen molar-refractivity contribution in [3.05, 3.63) is 35.4 Å². The van der Waals surface area contributed by atoms with E-state index in [1.807, 2.05) is 0 Å². The molecule has 0 spiro atoms. The summed E-state index contributed by atoms with van der Waals surface area (Å²) < 4.78 is 6.06. The van der Waals surface area contributed by atoms with E-state index in [0.717, 1.165) is 32.7 Å².